The van der Waals surface area contributed by atoms with Gasteiger partial charge in [-0.2, -0.15) is 5.10 Å². The van der Waals surface area contributed by atoms with Crippen molar-refractivity contribution >= 4 is 18.1 Å². The number of carbonyl (C=O) groups is 2. The average molecular weight is 463 g/mol. The van der Waals surface area contributed by atoms with E-state index in [1.54, 1.807) is 54.6 Å². The molecule has 0 fully saturated rings. The molecule has 0 unspecified atom stereocenters. The number of carbonyl (C=O) groups excluding carboxylic acids is 2. The summed E-state index contributed by atoms with van der Waals surface area (Å²) in [5.41, 5.74) is 3.44. The first-order valence-corrected chi connectivity index (χ1v) is 10.8. The van der Waals surface area contributed by atoms with E-state index in [1.807, 2.05) is 32.0 Å². The molecule has 0 atom stereocenters. The summed E-state index contributed by atoms with van der Waals surface area (Å²) >= 11 is 0. The predicted molar refractivity (Wildman–Crippen MR) is 128 cm³/mol. The summed E-state index contributed by atoms with van der Waals surface area (Å²) in [5, 5.41) is 3.94. The van der Waals surface area contributed by atoms with Crippen molar-refractivity contribution in [3.8, 4) is 23.0 Å². The molecule has 0 spiro atoms. The van der Waals surface area contributed by atoms with Crippen LogP contribution in [0.15, 0.2) is 77.9 Å². The Morgan fingerprint density at radius 1 is 0.824 bits per heavy atom. The summed E-state index contributed by atoms with van der Waals surface area (Å²) in [5.74, 6) is 1.01. The molecule has 0 aliphatic rings. The van der Waals surface area contributed by atoms with E-state index in [2.05, 4.69) is 10.5 Å². The number of esters is 1. The Kier molecular flexibility index (Phi) is 9.04. The van der Waals surface area contributed by atoms with Gasteiger partial charge in [-0.1, -0.05) is 18.2 Å². The Balaban J connectivity index is 1.59. The van der Waals surface area contributed by atoms with Gasteiger partial charge in [0.2, 0.25) is 0 Å². The van der Waals surface area contributed by atoms with Crippen LogP contribution in [-0.4, -0.2) is 37.9 Å². The summed E-state index contributed by atoms with van der Waals surface area (Å²) in [4.78, 5) is 24.4. The molecule has 0 saturated carbocycles. The maximum atomic E-state index is 12.5. The molecule has 1 N–H and O–H groups in total. The van der Waals surface area contributed by atoms with Crippen molar-refractivity contribution in [2.75, 3.05) is 19.8 Å². The Hall–Kier alpha value is -4.33. The maximum Gasteiger partial charge on any atom is 0.343 e. The number of hydrogen-bond acceptors (Lipinski definition) is 7. The molecule has 34 heavy (non-hydrogen) atoms. The number of rotatable bonds is 11. The second-order valence-corrected chi connectivity index (χ2v) is 6.88. The van der Waals surface area contributed by atoms with Crippen molar-refractivity contribution in [3.05, 3.63) is 83.9 Å². The van der Waals surface area contributed by atoms with Crippen LogP contribution < -0.4 is 24.4 Å². The fraction of sp³-hybridized carbons (Fsp3) is 0.192. The van der Waals surface area contributed by atoms with Crippen LogP contribution in [0.4, 0.5) is 0 Å². The van der Waals surface area contributed by atoms with E-state index in [9.17, 15) is 9.59 Å². The van der Waals surface area contributed by atoms with E-state index in [-0.39, 0.29) is 12.4 Å². The fourth-order valence-corrected chi connectivity index (χ4v) is 2.85. The molecule has 0 radical (unpaired) electrons. The Labute approximate surface area is 198 Å². The smallest absolute Gasteiger partial charge is 0.343 e. The molecule has 3 aromatic carbocycles. The molecule has 8 heteroatoms. The molecule has 0 saturated heterocycles. The second-order valence-electron chi connectivity index (χ2n) is 6.88. The van der Waals surface area contributed by atoms with Crippen LogP contribution in [0.3, 0.4) is 0 Å². The maximum absolute atomic E-state index is 12.5. The van der Waals surface area contributed by atoms with Crippen LogP contribution in [0.1, 0.15) is 29.8 Å². The van der Waals surface area contributed by atoms with Gasteiger partial charge in [-0.25, -0.2) is 10.2 Å². The highest BCUT2D eigenvalue weighted by molar-refractivity contribution is 5.92. The summed E-state index contributed by atoms with van der Waals surface area (Å²) in [6, 6.07) is 20.7. The molecular formula is C26H26N2O6. The van der Waals surface area contributed by atoms with Gasteiger partial charge in [0.05, 0.1) is 25.0 Å². The number of nitrogens with one attached hydrogen (secondary N) is 1. The predicted octanol–water partition coefficient (Wildman–Crippen LogP) is 4.23. The third kappa shape index (κ3) is 7.37. The van der Waals surface area contributed by atoms with Crippen LogP contribution in [0.25, 0.3) is 0 Å². The third-order valence-corrected chi connectivity index (χ3v) is 4.39. The lowest BCUT2D eigenvalue weighted by Gasteiger charge is -2.11. The number of hydrogen-bond donors (Lipinski definition) is 1. The zero-order chi connectivity index (χ0) is 24.2. The molecule has 8 nitrogen and oxygen atoms in total. The molecule has 3 rings (SSSR count). The summed E-state index contributed by atoms with van der Waals surface area (Å²) < 4.78 is 21.9. The van der Waals surface area contributed by atoms with Gasteiger partial charge in [-0.3, -0.25) is 4.79 Å². The normalized spacial score (nSPS) is 10.5. The van der Waals surface area contributed by atoms with E-state index in [0.717, 1.165) is 0 Å². The van der Waals surface area contributed by atoms with Crippen LogP contribution in [0.2, 0.25) is 0 Å². The van der Waals surface area contributed by atoms with Gasteiger partial charge in [0.1, 0.15) is 11.5 Å². The standard InChI is InChI=1S/C26H26N2O6/c1-3-31-22-13-11-20(12-14-22)26(30)34-23-15-10-19(16-24(23)32-4-2)17-27-28-25(29)18-33-21-8-6-5-7-9-21/h5-17H,3-4,18H2,1-2H3,(H,28,29)/b27-17+. The lowest BCUT2D eigenvalue weighted by Crippen LogP contribution is -2.24. The first kappa shape index (κ1) is 24.3. The van der Waals surface area contributed by atoms with Crippen molar-refractivity contribution in [1.29, 1.82) is 0 Å². The molecule has 0 aromatic heterocycles. The summed E-state index contributed by atoms with van der Waals surface area (Å²) in [6.45, 7) is 4.47. The monoisotopic (exact) mass is 462 g/mol. The largest absolute Gasteiger partial charge is 0.494 e. The summed E-state index contributed by atoms with van der Waals surface area (Å²) in [7, 11) is 0. The topological polar surface area (TPSA) is 95.5 Å². The highest BCUT2D eigenvalue weighted by Gasteiger charge is 2.13. The third-order valence-electron chi connectivity index (χ3n) is 4.39. The number of hydrazone groups is 1. The number of amides is 1. The SMILES string of the molecule is CCOc1ccc(C(=O)Oc2ccc(/C=N/NC(=O)COc3ccccc3)cc2OCC)cc1. The van der Waals surface area contributed by atoms with Crippen molar-refractivity contribution < 1.29 is 28.5 Å². The van der Waals surface area contributed by atoms with Crippen molar-refractivity contribution in [3.63, 3.8) is 0 Å². The first-order valence-electron chi connectivity index (χ1n) is 10.8. The number of para-hydroxylation sites is 1. The summed E-state index contributed by atoms with van der Waals surface area (Å²) in [6.07, 6.45) is 1.46. The van der Waals surface area contributed by atoms with Crippen molar-refractivity contribution in [2.24, 2.45) is 5.10 Å². The number of nitrogens with zero attached hydrogens (tertiary/aromatic N) is 1. The molecule has 176 valence electrons. The van der Waals surface area contributed by atoms with Gasteiger partial charge < -0.3 is 18.9 Å². The van der Waals surface area contributed by atoms with E-state index in [0.29, 0.717) is 41.6 Å². The van der Waals surface area contributed by atoms with Crippen LogP contribution in [-0.2, 0) is 4.79 Å². The minimum Gasteiger partial charge on any atom is -0.494 e. The number of benzene rings is 3. The van der Waals surface area contributed by atoms with Crippen LogP contribution in [0, 0.1) is 0 Å². The fourth-order valence-electron chi connectivity index (χ4n) is 2.85. The van der Waals surface area contributed by atoms with Gasteiger partial charge in [-0.15, -0.1) is 0 Å². The minimum atomic E-state index is -0.518. The first-order chi connectivity index (χ1) is 16.6. The molecule has 3 aromatic rings. The lowest BCUT2D eigenvalue weighted by atomic mass is 10.2. The highest BCUT2D eigenvalue weighted by Crippen LogP contribution is 2.29. The van der Waals surface area contributed by atoms with Gasteiger partial charge in [-0.05, 0) is 74.0 Å². The Morgan fingerprint density at radius 3 is 2.24 bits per heavy atom. The molecule has 0 heterocycles. The van der Waals surface area contributed by atoms with Crippen LogP contribution in [0.5, 0.6) is 23.0 Å². The van der Waals surface area contributed by atoms with E-state index in [1.165, 1.54) is 6.21 Å². The minimum absolute atomic E-state index is 0.161. The van der Waals surface area contributed by atoms with Gasteiger partial charge in [0, 0.05) is 0 Å². The van der Waals surface area contributed by atoms with Gasteiger partial charge >= 0.3 is 5.97 Å². The Bertz CT molecular complexity index is 1110. The zero-order valence-corrected chi connectivity index (χ0v) is 19.0. The molecule has 1 amide bonds. The van der Waals surface area contributed by atoms with Gasteiger partial charge in [0.15, 0.2) is 18.1 Å². The van der Waals surface area contributed by atoms with E-state index >= 15 is 0 Å². The zero-order valence-electron chi connectivity index (χ0n) is 19.0. The average Bonchev–Trinajstić information content (AvgIpc) is 2.85. The number of ether oxygens (including phenoxy) is 4. The van der Waals surface area contributed by atoms with E-state index in [4.69, 9.17) is 18.9 Å². The second kappa shape index (κ2) is 12.6. The molecule has 0 aliphatic heterocycles. The highest BCUT2D eigenvalue weighted by atomic mass is 16.6. The van der Waals surface area contributed by atoms with Crippen molar-refractivity contribution in [2.45, 2.75) is 13.8 Å². The molecule has 0 aliphatic carbocycles. The molecular weight excluding hydrogens is 436 g/mol. The van der Waals surface area contributed by atoms with Crippen molar-refractivity contribution in [1.82, 2.24) is 5.43 Å². The Morgan fingerprint density at radius 2 is 1.53 bits per heavy atom. The quantitative estimate of drug-likeness (QED) is 0.198. The molecule has 0 bridgehead atoms. The van der Waals surface area contributed by atoms with Crippen LogP contribution >= 0.6 is 0 Å². The lowest BCUT2D eigenvalue weighted by molar-refractivity contribution is -0.123. The van der Waals surface area contributed by atoms with E-state index < -0.39 is 11.9 Å². The van der Waals surface area contributed by atoms with Gasteiger partial charge in [0.25, 0.3) is 5.91 Å².